The third-order valence-corrected chi connectivity index (χ3v) is 7.81. The monoisotopic (exact) mass is 481 g/mol. The fourth-order valence-electron chi connectivity index (χ4n) is 6.01. The summed E-state index contributed by atoms with van der Waals surface area (Å²) < 4.78 is 5.96. The molecule has 0 radical (unpaired) electrons. The summed E-state index contributed by atoms with van der Waals surface area (Å²) in [6.07, 6.45) is 9.35. The highest BCUT2D eigenvalue weighted by Gasteiger charge is 2.40. The molecule has 2 bridgehead atoms. The first-order chi connectivity index (χ1) is 17.0. The zero-order valence-electron chi connectivity index (χ0n) is 21.3. The molecule has 9 heteroatoms. The van der Waals surface area contributed by atoms with Crippen LogP contribution in [0.15, 0.2) is 12.1 Å². The summed E-state index contributed by atoms with van der Waals surface area (Å²) in [6, 6.07) is 5.23. The number of Topliss-reactive ketones (excluding diaryl/α,β-unsaturated/α-hetero) is 1. The molecule has 3 saturated heterocycles. The molecule has 9 nitrogen and oxygen atoms in total. The number of carbonyl (C=O) groups excluding carboxylic acids is 1. The maximum atomic E-state index is 12.4. The van der Waals surface area contributed by atoms with Gasteiger partial charge in [0.25, 0.3) is 0 Å². The number of rotatable bonds is 9. The van der Waals surface area contributed by atoms with Gasteiger partial charge in [-0.15, -0.1) is 0 Å². The summed E-state index contributed by atoms with van der Waals surface area (Å²) in [4.78, 5) is 27.1. The number of aromatic amines is 1. The summed E-state index contributed by atoms with van der Waals surface area (Å²) in [6.45, 7) is 5.46. The molecular formula is C26H39N7O2. The van der Waals surface area contributed by atoms with E-state index in [-0.39, 0.29) is 6.10 Å². The van der Waals surface area contributed by atoms with Crippen LogP contribution in [0.2, 0.25) is 0 Å². The van der Waals surface area contributed by atoms with Crippen LogP contribution in [0.5, 0.6) is 0 Å². The second-order valence-corrected chi connectivity index (χ2v) is 10.5. The maximum absolute atomic E-state index is 12.4. The standard InChI is InChI=1S/C26H39N7O2/c1-4-7-21(34)16-33-18-8-5-9-19(33)14-20(13-18)32(3)26-27-22(23-10-6-11-35-23)15-24(29-26)28-25-12-17(2)30-31-25/h12,15,18-20,23H,4-11,13-14,16H2,1-3H3,(H2,27,28,29,30,31)/t18-,19+,20?,23?. The van der Waals surface area contributed by atoms with E-state index in [1.54, 1.807) is 0 Å². The Morgan fingerprint density at radius 2 is 1.97 bits per heavy atom. The van der Waals surface area contributed by atoms with Crippen LogP contribution >= 0.6 is 0 Å². The number of hydrogen-bond acceptors (Lipinski definition) is 8. The van der Waals surface area contributed by atoms with Gasteiger partial charge in [-0.1, -0.05) is 13.3 Å². The molecule has 0 amide bonds. The molecule has 5 rings (SSSR count). The minimum Gasteiger partial charge on any atom is -0.372 e. The summed E-state index contributed by atoms with van der Waals surface area (Å²) in [5.74, 6) is 2.59. The van der Waals surface area contributed by atoms with Gasteiger partial charge in [0, 0.05) is 56.0 Å². The van der Waals surface area contributed by atoms with Crippen LogP contribution in [0.1, 0.15) is 82.2 Å². The molecule has 3 aliphatic rings. The number of piperidine rings is 2. The molecule has 35 heavy (non-hydrogen) atoms. The van der Waals surface area contributed by atoms with Gasteiger partial charge in [-0.25, -0.2) is 4.98 Å². The average Bonchev–Trinajstić information content (AvgIpc) is 3.50. The van der Waals surface area contributed by atoms with Crippen LogP contribution in [-0.2, 0) is 9.53 Å². The molecule has 2 aromatic heterocycles. The fourth-order valence-corrected chi connectivity index (χ4v) is 6.01. The summed E-state index contributed by atoms with van der Waals surface area (Å²) >= 11 is 0. The van der Waals surface area contributed by atoms with Gasteiger partial charge in [-0.2, -0.15) is 10.1 Å². The van der Waals surface area contributed by atoms with Crippen LogP contribution in [0.25, 0.3) is 0 Å². The number of aromatic nitrogens is 4. The lowest BCUT2D eigenvalue weighted by Crippen LogP contribution is -2.57. The van der Waals surface area contributed by atoms with Crippen molar-refractivity contribution in [1.82, 2.24) is 25.1 Å². The quantitative estimate of drug-likeness (QED) is 0.547. The largest absolute Gasteiger partial charge is 0.372 e. The molecule has 2 aromatic rings. The molecule has 5 heterocycles. The van der Waals surface area contributed by atoms with Crippen molar-refractivity contribution in [3.8, 4) is 0 Å². The number of hydrogen-bond donors (Lipinski definition) is 2. The molecule has 0 saturated carbocycles. The van der Waals surface area contributed by atoms with E-state index >= 15 is 0 Å². The Kier molecular flexibility index (Phi) is 7.34. The van der Waals surface area contributed by atoms with E-state index in [1.165, 1.54) is 19.3 Å². The van der Waals surface area contributed by atoms with E-state index in [2.05, 4.69) is 39.3 Å². The van der Waals surface area contributed by atoms with Gasteiger partial charge in [0.1, 0.15) is 11.6 Å². The van der Waals surface area contributed by atoms with Crippen molar-refractivity contribution in [3.05, 3.63) is 23.5 Å². The number of ether oxygens (including phenoxy) is 1. The highest BCUT2D eigenvalue weighted by Crippen LogP contribution is 2.37. The van der Waals surface area contributed by atoms with Crippen LogP contribution < -0.4 is 10.2 Å². The molecule has 190 valence electrons. The molecular weight excluding hydrogens is 442 g/mol. The van der Waals surface area contributed by atoms with E-state index < -0.39 is 0 Å². The Labute approximate surface area is 208 Å². The Morgan fingerprint density at radius 3 is 2.63 bits per heavy atom. The smallest absolute Gasteiger partial charge is 0.227 e. The molecule has 0 aliphatic carbocycles. The topological polar surface area (TPSA) is 99.3 Å². The lowest BCUT2D eigenvalue weighted by Gasteiger charge is -2.50. The van der Waals surface area contributed by atoms with E-state index in [4.69, 9.17) is 14.7 Å². The molecule has 2 unspecified atom stereocenters. The van der Waals surface area contributed by atoms with Crippen molar-refractivity contribution >= 4 is 23.4 Å². The third-order valence-electron chi connectivity index (χ3n) is 7.81. The minimum absolute atomic E-state index is 0.0115. The Bertz CT molecular complexity index is 1000. The second-order valence-electron chi connectivity index (χ2n) is 10.5. The Balaban J connectivity index is 1.36. The van der Waals surface area contributed by atoms with Crippen molar-refractivity contribution in [3.63, 3.8) is 0 Å². The predicted octanol–water partition coefficient (Wildman–Crippen LogP) is 4.29. The number of aryl methyl sites for hydroxylation is 1. The van der Waals surface area contributed by atoms with Crippen molar-refractivity contribution in [2.75, 3.05) is 30.4 Å². The van der Waals surface area contributed by atoms with Gasteiger partial charge in [0.2, 0.25) is 5.95 Å². The SMILES string of the molecule is CCCC(=O)CN1[C@@H]2CCC[C@H]1CC(N(C)c1nc(Nc3cc(C)[nH]n3)cc(C3CCCO3)n1)C2. The maximum Gasteiger partial charge on any atom is 0.227 e. The number of carbonyl (C=O) groups is 1. The van der Waals surface area contributed by atoms with Crippen molar-refractivity contribution in [1.29, 1.82) is 0 Å². The van der Waals surface area contributed by atoms with Crippen LogP contribution in [0.3, 0.4) is 0 Å². The van der Waals surface area contributed by atoms with Gasteiger partial charge in [0.15, 0.2) is 5.82 Å². The van der Waals surface area contributed by atoms with E-state index in [0.717, 1.165) is 67.7 Å². The van der Waals surface area contributed by atoms with Gasteiger partial charge in [0.05, 0.1) is 18.3 Å². The zero-order chi connectivity index (χ0) is 24.4. The Hall–Kier alpha value is -2.52. The molecule has 0 aromatic carbocycles. The summed E-state index contributed by atoms with van der Waals surface area (Å²) in [5.41, 5.74) is 1.92. The summed E-state index contributed by atoms with van der Waals surface area (Å²) in [7, 11) is 2.12. The number of H-pyrrole nitrogens is 1. The van der Waals surface area contributed by atoms with Gasteiger partial charge in [-0.05, 0) is 51.9 Å². The lowest BCUT2D eigenvalue weighted by atomic mass is 9.81. The van der Waals surface area contributed by atoms with Gasteiger partial charge < -0.3 is 15.0 Å². The fraction of sp³-hybridized carbons (Fsp3) is 0.692. The van der Waals surface area contributed by atoms with Crippen LogP contribution in [0.4, 0.5) is 17.6 Å². The molecule has 2 N–H and O–H groups in total. The first kappa shape index (κ1) is 24.2. The first-order valence-corrected chi connectivity index (χ1v) is 13.3. The minimum atomic E-state index is 0.0115. The first-order valence-electron chi connectivity index (χ1n) is 13.3. The van der Waals surface area contributed by atoms with Crippen molar-refractivity contribution in [2.24, 2.45) is 0 Å². The van der Waals surface area contributed by atoms with Gasteiger partial charge >= 0.3 is 0 Å². The normalized spacial score (nSPS) is 26.6. The van der Waals surface area contributed by atoms with Crippen molar-refractivity contribution in [2.45, 2.75) is 95.9 Å². The van der Waals surface area contributed by atoms with Crippen LogP contribution in [-0.4, -0.2) is 69.2 Å². The van der Waals surface area contributed by atoms with E-state index in [9.17, 15) is 4.79 Å². The molecule has 4 atom stereocenters. The molecule has 0 spiro atoms. The second kappa shape index (κ2) is 10.6. The highest BCUT2D eigenvalue weighted by molar-refractivity contribution is 5.80. The van der Waals surface area contributed by atoms with E-state index in [0.29, 0.717) is 36.9 Å². The van der Waals surface area contributed by atoms with Crippen LogP contribution in [0, 0.1) is 6.92 Å². The Morgan fingerprint density at radius 1 is 1.17 bits per heavy atom. The lowest BCUT2D eigenvalue weighted by molar-refractivity contribution is -0.123. The molecule has 3 fully saturated rings. The zero-order valence-corrected chi connectivity index (χ0v) is 21.3. The number of anilines is 3. The van der Waals surface area contributed by atoms with Crippen molar-refractivity contribution < 1.29 is 9.53 Å². The number of ketones is 1. The summed E-state index contributed by atoms with van der Waals surface area (Å²) in [5, 5.41) is 10.6. The molecule has 3 aliphatic heterocycles. The number of nitrogens with one attached hydrogen (secondary N) is 2. The third kappa shape index (κ3) is 5.51. The number of fused-ring (bicyclic) bond motifs is 2. The highest BCUT2D eigenvalue weighted by atomic mass is 16.5. The number of nitrogens with zero attached hydrogens (tertiary/aromatic N) is 5. The van der Waals surface area contributed by atoms with E-state index in [1.807, 2.05) is 19.1 Å². The average molecular weight is 482 g/mol. The predicted molar refractivity (Wildman–Crippen MR) is 136 cm³/mol. The van der Waals surface area contributed by atoms with Gasteiger partial charge in [-0.3, -0.25) is 14.8 Å².